The van der Waals surface area contributed by atoms with Crippen molar-refractivity contribution >= 4 is 11.9 Å². The van der Waals surface area contributed by atoms with Gasteiger partial charge in [0.15, 0.2) is 23.3 Å². The number of rotatable bonds is 10. The van der Waals surface area contributed by atoms with E-state index in [0.29, 0.717) is 58.8 Å². The lowest BCUT2D eigenvalue weighted by Crippen LogP contribution is -2.02. The smallest absolute Gasteiger partial charge is 0.308 e. The number of ether oxygens (including phenoxy) is 2. The van der Waals surface area contributed by atoms with E-state index in [-0.39, 0.29) is 0 Å². The zero-order chi connectivity index (χ0) is 31.4. The Labute approximate surface area is 254 Å². The Hall–Kier alpha value is -5.64. The second kappa shape index (κ2) is 12.7. The lowest BCUT2D eigenvalue weighted by Gasteiger charge is -2.08. The normalized spacial score (nSPS) is 10.8. The van der Waals surface area contributed by atoms with Gasteiger partial charge in [0.2, 0.25) is 0 Å². The molecule has 44 heavy (non-hydrogen) atoms. The molecule has 10 nitrogen and oxygen atoms in total. The highest BCUT2D eigenvalue weighted by Gasteiger charge is 2.15. The molecule has 0 bridgehead atoms. The van der Waals surface area contributed by atoms with E-state index < -0.39 is 11.9 Å². The van der Waals surface area contributed by atoms with E-state index in [1.807, 2.05) is 62.4 Å². The van der Waals surface area contributed by atoms with Crippen molar-refractivity contribution in [3.63, 3.8) is 0 Å². The van der Waals surface area contributed by atoms with Crippen LogP contribution < -0.4 is 9.47 Å². The Morgan fingerprint density at radius 2 is 1.07 bits per heavy atom. The van der Waals surface area contributed by atoms with Crippen LogP contribution in [-0.2, 0) is 22.4 Å². The Morgan fingerprint density at radius 1 is 0.636 bits per heavy atom. The SMILES string of the molecule is C=C(C)Cc1cc(OC(C)=O)cc(-c2n[nH]c(-c3cccc(-c4nc(-c5cc(CC(=C)C)cc(OC(C)=O)c5)n[nH]4)c3)n2)c1. The standard InChI is InChI=1S/C34H32N6O4/c1-19(2)10-23-12-27(17-29(14-23)43-21(5)41)33-35-31(37-39-33)25-8-7-9-26(16-25)32-36-34(40-38-32)28-13-24(11-20(3)4)15-30(18-28)44-22(6)42/h7-9,12-18H,1,3,10-11H2,2,4-6H3,(H,35,37,39)(H,36,38,40). The Kier molecular flexibility index (Phi) is 8.61. The highest BCUT2D eigenvalue weighted by Crippen LogP contribution is 2.30. The molecule has 0 unspecified atom stereocenters. The van der Waals surface area contributed by atoms with Crippen molar-refractivity contribution in [3.8, 4) is 57.1 Å². The Morgan fingerprint density at radius 3 is 1.45 bits per heavy atom. The maximum atomic E-state index is 11.6. The van der Waals surface area contributed by atoms with Crippen LogP contribution in [0.5, 0.6) is 11.5 Å². The van der Waals surface area contributed by atoms with Gasteiger partial charge in [0.25, 0.3) is 0 Å². The maximum absolute atomic E-state index is 11.6. The van der Waals surface area contributed by atoms with Crippen molar-refractivity contribution in [2.24, 2.45) is 0 Å². The third kappa shape index (κ3) is 7.40. The molecule has 5 rings (SSSR count). The first kappa shape index (κ1) is 29.8. The summed E-state index contributed by atoms with van der Waals surface area (Å²) in [7, 11) is 0. The molecular weight excluding hydrogens is 556 g/mol. The number of nitrogens with one attached hydrogen (secondary N) is 2. The van der Waals surface area contributed by atoms with Gasteiger partial charge in [-0.1, -0.05) is 42.5 Å². The first-order valence-corrected chi connectivity index (χ1v) is 13.9. The van der Waals surface area contributed by atoms with Crippen molar-refractivity contribution < 1.29 is 19.1 Å². The number of hydrogen-bond acceptors (Lipinski definition) is 8. The van der Waals surface area contributed by atoms with Crippen LogP contribution in [0.15, 0.2) is 85.0 Å². The Bertz CT molecular complexity index is 1700. The van der Waals surface area contributed by atoms with Gasteiger partial charge >= 0.3 is 11.9 Å². The van der Waals surface area contributed by atoms with Gasteiger partial charge in [-0.15, -0.1) is 0 Å². The fourth-order valence-electron chi connectivity index (χ4n) is 4.78. The van der Waals surface area contributed by atoms with E-state index in [2.05, 4.69) is 33.6 Å². The topological polar surface area (TPSA) is 136 Å². The summed E-state index contributed by atoms with van der Waals surface area (Å²) in [6.45, 7) is 14.6. The summed E-state index contributed by atoms with van der Waals surface area (Å²) in [5, 5.41) is 14.9. The number of benzene rings is 3. The van der Waals surface area contributed by atoms with Gasteiger partial charge < -0.3 is 9.47 Å². The molecule has 0 atom stereocenters. The van der Waals surface area contributed by atoms with E-state index in [0.717, 1.165) is 33.4 Å². The summed E-state index contributed by atoms with van der Waals surface area (Å²) >= 11 is 0. The van der Waals surface area contributed by atoms with Crippen molar-refractivity contribution in [2.75, 3.05) is 0 Å². The number of H-pyrrole nitrogens is 2. The van der Waals surface area contributed by atoms with Crippen LogP contribution in [0.25, 0.3) is 45.6 Å². The number of esters is 2. The van der Waals surface area contributed by atoms with Crippen LogP contribution in [-0.4, -0.2) is 42.3 Å². The van der Waals surface area contributed by atoms with Gasteiger partial charge in [-0.2, -0.15) is 10.2 Å². The fraction of sp³-hybridized carbons (Fsp3) is 0.176. The van der Waals surface area contributed by atoms with E-state index in [4.69, 9.17) is 19.4 Å². The first-order chi connectivity index (χ1) is 21.0. The van der Waals surface area contributed by atoms with E-state index >= 15 is 0 Å². The number of aromatic nitrogens is 6. The monoisotopic (exact) mass is 588 g/mol. The third-order valence-electron chi connectivity index (χ3n) is 6.36. The summed E-state index contributed by atoms with van der Waals surface area (Å²) in [4.78, 5) is 32.7. The summed E-state index contributed by atoms with van der Waals surface area (Å²) in [6.07, 6.45) is 1.26. The molecule has 0 saturated carbocycles. The molecule has 0 aliphatic carbocycles. The van der Waals surface area contributed by atoms with Crippen LogP contribution in [0.4, 0.5) is 0 Å². The van der Waals surface area contributed by atoms with Crippen LogP contribution in [0.3, 0.4) is 0 Å². The average Bonchev–Trinajstić information content (AvgIpc) is 3.62. The van der Waals surface area contributed by atoms with Gasteiger partial charge in [0, 0.05) is 36.1 Å². The van der Waals surface area contributed by atoms with Crippen molar-refractivity contribution in [1.29, 1.82) is 0 Å². The minimum Gasteiger partial charge on any atom is -0.427 e. The summed E-state index contributed by atoms with van der Waals surface area (Å²) < 4.78 is 10.7. The molecule has 0 aliphatic heterocycles. The molecule has 2 aromatic heterocycles. The van der Waals surface area contributed by atoms with Gasteiger partial charge in [0.05, 0.1) is 0 Å². The van der Waals surface area contributed by atoms with Crippen LogP contribution in [0, 0.1) is 0 Å². The zero-order valence-corrected chi connectivity index (χ0v) is 25.0. The molecule has 0 spiro atoms. The number of nitrogens with zero attached hydrogens (tertiary/aromatic N) is 4. The molecule has 0 radical (unpaired) electrons. The predicted molar refractivity (Wildman–Crippen MR) is 168 cm³/mol. The minimum atomic E-state index is -0.407. The predicted octanol–water partition coefficient (Wildman–Crippen LogP) is 6.68. The fourth-order valence-corrected chi connectivity index (χ4v) is 4.78. The second-order valence-electron chi connectivity index (χ2n) is 10.8. The number of aromatic amines is 2. The van der Waals surface area contributed by atoms with Crippen molar-refractivity contribution in [2.45, 2.75) is 40.5 Å². The molecule has 0 amide bonds. The first-order valence-electron chi connectivity index (χ1n) is 13.9. The maximum Gasteiger partial charge on any atom is 0.308 e. The summed E-state index contributed by atoms with van der Waals surface area (Å²) in [5.41, 5.74) is 6.82. The van der Waals surface area contributed by atoms with Crippen LogP contribution in [0.2, 0.25) is 0 Å². The van der Waals surface area contributed by atoms with E-state index in [1.165, 1.54) is 13.8 Å². The number of carbonyl (C=O) groups is 2. The van der Waals surface area contributed by atoms with Crippen molar-refractivity contribution in [1.82, 2.24) is 30.4 Å². The zero-order valence-electron chi connectivity index (χ0n) is 25.0. The largest absolute Gasteiger partial charge is 0.427 e. The number of allylic oxidation sites excluding steroid dienone is 2. The molecule has 2 N–H and O–H groups in total. The molecule has 0 aliphatic rings. The Balaban J connectivity index is 1.44. The summed E-state index contributed by atoms with van der Waals surface area (Å²) in [6, 6.07) is 18.7. The van der Waals surface area contributed by atoms with Crippen LogP contribution >= 0.6 is 0 Å². The molecule has 3 aromatic carbocycles. The van der Waals surface area contributed by atoms with Gasteiger partial charge in [-0.3, -0.25) is 19.8 Å². The highest BCUT2D eigenvalue weighted by atomic mass is 16.5. The molecule has 0 fully saturated rings. The molecule has 10 heteroatoms. The number of hydrogen-bond donors (Lipinski definition) is 2. The van der Waals surface area contributed by atoms with Gasteiger partial charge in [0.1, 0.15) is 11.5 Å². The van der Waals surface area contributed by atoms with E-state index in [9.17, 15) is 9.59 Å². The average molecular weight is 589 g/mol. The van der Waals surface area contributed by atoms with Gasteiger partial charge in [-0.05, 0) is 80.3 Å². The molecule has 0 saturated heterocycles. The van der Waals surface area contributed by atoms with E-state index in [1.54, 1.807) is 12.1 Å². The van der Waals surface area contributed by atoms with Crippen molar-refractivity contribution in [3.05, 3.63) is 96.1 Å². The quantitative estimate of drug-likeness (QED) is 0.105. The lowest BCUT2D eigenvalue weighted by atomic mass is 10.0. The minimum absolute atomic E-state index is 0.407. The second-order valence-corrected chi connectivity index (χ2v) is 10.8. The summed E-state index contributed by atoms with van der Waals surface area (Å²) in [5.74, 6) is 2.06. The molecule has 222 valence electrons. The molecule has 2 heterocycles. The molecule has 5 aromatic rings. The third-order valence-corrected chi connectivity index (χ3v) is 6.36. The highest BCUT2D eigenvalue weighted by molar-refractivity contribution is 5.73. The van der Waals surface area contributed by atoms with Crippen LogP contribution in [0.1, 0.15) is 38.8 Å². The molecular formula is C34H32N6O4. The van der Waals surface area contributed by atoms with Gasteiger partial charge in [-0.25, -0.2) is 9.97 Å². The number of carbonyl (C=O) groups excluding carboxylic acids is 2. The lowest BCUT2D eigenvalue weighted by molar-refractivity contribution is -0.132.